The van der Waals surface area contributed by atoms with Crippen molar-refractivity contribution < 1.29 is 52.4 Å². The van der Waals surface area contributed by atoms with Crippen LogP contribution in [0, 0.1) is 17.6 Å². The van der Waals surface area contributed by atoms with E-state index in [9.17, 15) is 43.6 Å². The van der Waals surface area contributed by atoms with Gasteiger partial charge in [-0.3, -0.25) is 23.9 Å². The van der Waals surface area contributed by atoms with Crippen LogP contribution >= 0.6 is 11.6 Å². The topological polar surface area (TPSA) is 158 Å². The van der Waals surface area contributed by atoms with Gasteiger partial charge in [-0.05, 0) is 101 Å². The summed E-state index contributed by atoms with van der Waals surface area (Å²) in [7, 11) is -5.83. The first-order valence-corrected chi connectivity index (χ1v) is 24.1. The van der Waals surface area contributed by atoms with Gasteiger partial charge in [-0.2, -0.15) is 32.1 Å². The largest absolute Gasteiger partial charge is 0.435 e. The predicted octanol–water partition coefficient (Wildman–Crippen LogP) is 8.28. The lowest BCUT2D eigenvalue weighted by Gasteiger charge is -2.26. The Morgan fingerprint density at radius 3 is 2.25 bits per heavy atom. The van der Waals surface area contributed by atoms with Crippen LogP contribution in [0.4, 0.5) is 36.6 Å². The molecule has 64 heavy (non-hydrogen) atoms. The van der Waals surface area contributed by atoms with E-state index in [4.69, 9.17) is 16.6 Å². The first-order chi connectivity index (χ1) is 29.9. The zero-order chi connectivity index (χ0) is 46.1. The maximum atomic E-state index is 15.5. The summed E-state index contributed by atoms with van der Waals surface area (Å²) in [4.78, 5) is 19.0. The van der Waals surface area contributed by atoms with Crippen LogP contribution in [-0.4, -0.2) is 62.5 Å². The first kappa shape index (κ1) is 44.4. The number of alkyl halides is 5. The number of amides is 1. The number of fused-ring (bicyclic) bond motifs is 4. The lowest BCUT2D eigenvalue weighted by Crippen LogP contribution is -2.36. The fraction of sp³-hybridized carbons (Fsp3) is 0.476. The van der Waals surface area contributed by atoms with E-state index in [0.717, 1.165) is 12.1 Å². The van der Waals surface area contributed by atoms with Crippen LogP contribution in [0.1, 0.15) is 98.2 Å². The molecule has 9 rings (SSSR count). The van der Waals surface area contributed by atoms with Crippen molar-refractivity contribution in [3.63, 3.8) is 0 Å². The molecular formula is C42H41ClF7N7O5S2. The highest BCUT2D eigenvalue weighted by Crippen LogP contribution is 2.68. The minimum atomic E-state index is -5.09. The van der Waals surface area contributed by atoms with E-state index in [2.05, 4.69) is 20.2 Å². The molecule has 4 aliphatic rings. The Balaban J connectivity index is 1.17. The van der Waals surface area contributed by atoms with Crippen molar-refractivity contribution in [2.45, 2.75) is 111 Å². The molecular weight excluding hydrogens is 915 g/mol. The number of anilines is 1. The number of rotatable bonds is 15. The molecule has 3 heterocycles. The van der Waals surface area contributed by atoms with E-state index in [0.29, 0.717) is 53.2 Å². The number of nitrogens with one attached hydrogen (secondary N) is 2. The molecule has 22 heteroatoms. The summed E-state index contributed by atoms with van der Waals surface area (Å²) in [6.07, 6.45) is -3.43. The van der Waals surface area contributed by atoms with Gasteiger partial charge in [-0.25, -0.2) is 25.6 Å². The smallest absolute Gasteiger partial charge is 0.346 e. The molecule has 0 aliphatic heterocycles. The normalized spacial score (nSPS) is 20.0. The summed E-state index contributed by atoms with van der Waals surface area (Å²) in [6.45, 7) is 2.13. The van der Waals surface area contributed by atoms with Gasteiger partial charge < -0.3 is 5.32 Å². The van der Waals surface area contributed by atoms with Gasteiger partial charge in [0.1, 0.15) is 23.9 Å². The second-order valence-corrected chi connectivity index (χ2v) is 23.0. The van der Waals surface area contributed by atoms with Crippen molar-refractivity contribution >= 4 is 54.1 Å². The van der Waals surface area contributed by atoms with Crippen LogP contribution in [0.3, 0.4) is 0 Å². The predicted molar refractivity (Wildman–Crippen MR) is 222 cm³/mol. The molecule has 4 aliphatic carbocycles. The van der Waals surface area contributed by atoms with Crippen molar-refractivity contribution in [2.75, 3.05) is 4.72 Å². The molecule has 3 aromatic heterocycles. The fourth-order valence-corrected chi connectivity index (χ4v) is 12.6. The number of aryl methyl sites for hydroxylation is 2. The SMILES string of the molecule is Cn1nc(NS(=O)(=O)C2CC2)c2c(Cl)ccc(-c3ccc(CCC(C)(C)S(=O)(=O)C4CC4)nc3[C@H](Cc3cc(F)cc(F)c3)NC(=O)Cn3nc(C(F)(F)F)c4c3C(F)(F)[C@@H]3CC43)c21. The zero-order valence-electron chi connectivity index (χ0n) is 34.4. The number of hydrogen-bond donors (Lipinski definition) is 2. The van der Waals surface area contributed by atoms with Gasteiger partial charge in [0.2, 0.25) is 15.9 Å². The number of sulfone groups is 1. The number of nitrogens with zero attached hydrogens (tertiary/aromatic N) is 5. The number of carbonyl (C=O) groups excluding carboxylic acids is 1. The molecule has 0 radical (unpaired) electrons. The molecule has 0 saturated heterocycles. The van der Waals surface area contributed by atoms with Crippen molar-refractivity contribution in [1.82, 2.24) is 29.9 Å². The number of halogens is 8. The third kappa shape index (κ3) is 7.92. The number of aromatic nitrogens is 5. The highest BCUT2D eigenvalue weighted by atomic mass is 35.5. The Hall–Kier alpha value is -4.76. The molecule has 3 fully saturated rings. The van der Waals surface area contributed by atoms with E-state index in [-0.39, 0.29) is 52.3 Å². The van der Waals surface area contributed by atoms with Crippen molar-refractivity contribution in [3.05, 3.63) is 93.0 Å². The average molecular weight is 956 g/mol. The molecule has 5 aromatic rings. The highest BCUT2D eigenvalue weighted by Gasteiger charge is 2.68. The molecule has 2 N–H and O–H groups in total. The standard InChI is InChI=1S/C42H41ClF7N7O5S2/c1-40(2,63(59,60)24-5-6-24)13-12-23-4-9-26(27-10-11-30(43)34-36(27)56(3)54-39(34)55-64(61,62)25-7-8-25)35(51-23)31(16-20-14-21(44)17-22(45)15-20)52-32(58)19-57-38-33(37(53-57)42(48,49)50)28-18-29(28)41(38,46)47/h4,9-11,14-15,17,24-25,28-29,31H,5-8,12-13,16,18-19H2,1-3H3,(H,52,58)(H,54,55)/t28?,29-,31+/m1/s1. The van der Waals surface area contributed by atoms with Crippen molar-refractivity contribution in [3.8, 4) is 11.1 Å². The Morgan fingerprint density at radius 1 is 0.953 bits per heavy atom. The van der Waals surface area contributed by atoms with Crippen LogP contribution in [-0.2, 0) is 63.2 Å². The second kappa shape index (κ2) is 15.1. The van der Waals surface area contributed by atoms with Crippen LogP contribution in [0.15, 0.2) is 42.5 Å². The van der Waals surface area contributed by atoms with Crippen LogP contribution in [0.5, 0.6) is 0 Å². The molecule has 2 aromatic carbocycles. The summed E-state index contributed by atoms with van der Waals surface area (Å²) < 4.78 is 159. The molecule has 1 amide bonds. The summed E-state index contributed by atoms with van der Waals surface area (Å²) in [5.41, 5.74) is -1.92. The maximum absolute atomic E-state index is 15.5. The minimum Gasteiger partial charge on any atom is -0.346 e. The van der Waals surface area contributed by atoms with Gasteiger partial charge >= 0.3 is 6.18 Å². The zero-order valence-corrected chi connectivity index (χ0v) is 36.8. The van der Waals surface area contributed by atoms with E-state index in [1.54, 1.807) is 32.0 Å². The average Bonchev–Trinajstić information content (AvgIpc) is 4.07. The van der Waals surface area contributed by atoms with E-state index in [1.165, 1.54) is 17.8 Å². The Bertz CT molecular complexity index is 2960. The monoisotopic (exact) mass is 955 g/mol. The third-order valence-electron chi connectivity index (χ3n) is 12.6. The highest BCUT2D eigenvalue weighted by molar-refractivity contribution is 7.93. The second-order valence-electron chi connectivity index (χ2n) is 17.8. The lowest BCUT2D eigenvalue weighted by molar-refractivity contribution is -0.142. The van der Waals surface area contributed by atoms with E-state index in [1.807, 2.05) is 0 Å². The fourth-order valence-electron chi connectivity index (χ4n) is 8.96. The summed E-state index contributed by atoms with van der Waals surface area (Å²) in [5.74, 6) is -9.23. The Kier molecular flexibility index (Phi) is 10.5. The maximum Gasteiger partial charge on any atom is 0.435 e. The van der Waals surface area contributed by atoms with Gasteiger partial charge in [-0.15, -0.1) is 0 Å². The van der Waals surface area contributed by atoms with Crippen molar-refractivity contribution in [1.29, 1.82) is 0 Å². The number of carbonyl (C=O) groups is 1. The molecule has 3 saturated carbocycles. The number of sulfonamides is 1. The minimum absolute atomic E-state index is 0.00197. The number of benzene rings is 2. The van der Waals surface area contributed by atoms with E-state index < -0.39 is 113 Å². The Morgan fingerprint density at radius 2 is 1.61 bits per heavy atom. The van der Waals surface area contributed by atoms with Crippen molar-refractivity contribution in [2.24, 2.45) is 13.0 Å². The van der Waals surface area contributed by atoms with Gasteiger partial charge in [0, 0.05) is 41.4 Å². The van der Waals surface area contributed by atoms with Gasteiger partial charge in [0.15, 0.2) is 21.3 Å². The van der Waals surface area contributed by atoms with Crippen LogP contribution < -0.4 is 10.0 Å². The quantitative estimate of drug-likeness (QED) is 0.0994. The molecule has 0 spiro atoms. The lowest BCUT2D eigenvalue weighted by atomic mass is 9.93. The summed E-state index contributed by atoms with van der Waals surface area (Å²) in [6, 6.07) is 7.52. The molecule has 1 unspecified atom stereocenters. The summed E-state index contributed by atoms with van der Waals surface area (Å²) >= 11 is 6.71. The van der Waals surface area contributed by atoms with Crippen LogP contribution in [0.2, 0.25) is 5.02 Å². The molecule has 3 atom stereocenters. The number of hydrogen-bond acceptors (Lipinski definition) is 8. The number of pyridine rings is 1. The van der Waals surface area contributed by atoms with Crippen LogP contribution in [0.25, 0.3) is 22.0 Å². The Labute approximate surface area is 367 Å². The molecule has 12 nitrogen and oxygen atoms in total. The van der Waals surface area contributed by atoms with E-state index >= 15 is 8.78 Å². The third-order valence-corrected chi connectivity index (χ3v) is 17.9. The first-order valence-electron chi connectivity index (χ1n) is 20.6. The molecule has 0 bridgehead atoms. The van der Waals surface area contributed by atoms with Gasteiger partial charge in [-0.1, -0.05) is 23.7 Å². The van der Waals surface area contributed by atoms with Gasteiger partial charge in [0.05, 0.1) is 42.9 Å². The molecule has 342 valence electrons. The van der Waals surface area contributed by atoms with Gasteiger partial charge in [0.25, 0.3) is 5.92 Å². The summed E-state index contributed by atoms with van der Waals surface area (Å²) in [5, 5.41) is 9.83.